The first-order valence-electron chi connectivity index (χ1n) is 6.23. The zero-order valence-corrected chi connectivity index (χ0v) is 11.3. The third-order valence-corrected chi connectivity index (χ3v) is 4.04. The first-order valence-corrected chi connectivity index (χ1v) is 7.62. The highest BCUT2D eigenvalue weighted by Crippen LogP contribution is 2.28. The molecule has 16 heavy (non-hydrogen) atoms. The Bertz CT molecular complexity index is 223. The molecule has 1 amide bonds. The Morgan fingerprint density at radius 2 is 2.12 bits per heavy atom. The lowest BCUT2D eigenvalue weighted by molar-refractivity contribution is -0.132. The van der Waals surface area contributed by atoms with Crippen molar-refractivity contribution in [3.63, 3.8) is 0 Å². The smallest absolute Gasteiger partial charge is 0.232 e. The highest BCUT2D eigenvalue weighted by atomic mass is 32.2. The van der Waals surface area contributed by atoms with Crippen LogP contribution in [0.3, 0.4) is 0 Å². The molecular formula is C12H24N2OS. The second kappa shape index (κ2) is 7.17. The highest BCUT2D eigenvalue weighted by Gasteiger charge is 2.30. The van der Waals surface area contributed by atoms with Crippen LogP contribution in [-0.4, -0.2) is 41.9 Å². The summed E-state index contributed by atoms with van der Waals surface area (Å²) in [5, 5.41) is 0. The van der Waals surface area contributed by atoms with Gasteiger partial charge in [0.05, 0.1) is 5.75 Å². The van der Waals surface area contributed by atoms with Gasteiger partial charge >= 0.3 is 0 Å². The minimum absolute atomic E-state index is 0.278. The standard InChI is InChI=1S/C12H24N2OS/c1-3-14(12(15)9-16-2)11-7-5-4-6-10(11)8-13/h10-11H,3-9,13H2,1-2H3. The van der Waals surface area contributed by atoms with Crippen molar-refractivity contribution < 1.29 is 4.79 Å². The van der Waals surface area contributed by atoms with Crippen molar-refractivity contribution in [3.05, 3.63) is 0 Å². The quantitative estimate of drug-likeness (QED) is 0.801. The molecule has 2 atom stereocenters. The van der Waals surface area contributed by atoms with Gasteiger partial charge in [0, 0.05) is 12.6 Å². The van der Waals surface area contributed by atoms with Crippen LogP contribution in [0, 0.1) is 5.92 Å². The normalized spacial score (nSPS) is 25.4. The molecule has 94 valence electrons. The van der Waals surface area contributed by atoms with Crippen LogP contribution in [0.4, 0.5) is 0 Å². The molecule has 1 aliphatic carbocycles. The van der Waals surface area contributed by atoms with Gasteiger partial charge in [-0.15, -0.1) is 0 Å². The molecule has 0 aromatic heterocycles. The van der Waals surface area contributed by atoms with Gasteiger partial charge in [0.25, 0.3) is 0 Å². The van der Waals surface area contributed by atoms with Gasteiger partial charge in [0.1, 0.15) is 0 Å². The molecule has 1 aliphatic rings. The van der Waals surface area contributed by atoms with Crippen LogP contribution in [-0.2, 0) is 4.79 Å². The molecule has 0 aromatic carbocycles. The number of amides is 1. The molecule has 0 heterocycles. The Labute approximate surface area is 103 Å². The van der Waals surface area contributed by atoms with E-state index in [0.29, 0.717) is 24.3 Å². The van der Waals surface area contributed by atoms with Crippen molar-refractivity contribution in [2.24, 2.45) is 11.7 Å². The predicted octanol–water partition coefficient (Wildman–Crippen LogP) is 1.72. The zero-order chi connectivity index (χ0) is 12.0. The van der Waals surface area contributed by atoms with Crippen molar-refractivity contribution in [1.29, 1.82) is 0 Å². The number of hydrogen-bond acceptors (Lipinski definition) is 3. The fourth-order valence-corrected chi connectivity index (χ4v) is 3.09. The topological polar surface area (TPSA) is 46.3 Å². The van der Waals surface area contributed by atoms with Crippen LogP contribution < -0.4 is 5.73 Å². The van der Waals surface area contributed by atoms with Gasteiger partial charge < -0.3 is 10.6 Å². The van der Waals surface area contributed by atoms with E-state index in [0.717, 1.165) is 13.0 Å². The van der Waals surface area contributed by atoms with Crippen LogP contribution in [0.2, 0.25) is 0 Å². The zero-order valence-electron chi connectivity index (χ0n) is 10.4. The lowest BCUT2D eigenvalue weighted by Crippen LogP contribution is -2.48. The highest BCUT2D eigenvalue weighted by molar-refractivity contribution is 7.99. The third-order valence-electron chi connectivity index (χ3n) is 3.50. The van der Waals surface area contributed by atoms with Crippen molar-refractivity contribution in [2.45, 2.75) is 38.6 Å². The van der Waals surface area contributed by atoms with Crippen molar-refractivity contribution in [1.82, 2.24) is 4.90 Å². The SMILES string of the molecule is CCN(C(=O)CSC)C1CCCCC1CN. The summed E-state index contributed by atoms with van der Waals surface area (Å²) in [7, 11) is 0. The van der Waals surface area contributed by atoms with E-state index >= 15 is 0 Å². The number of nitrogens with zero attached hydrogens (tertiary/aromatic N) is 1. The third kappa shape index (κ3) is 3.39. The monoisotopic (exact) mass is 244 g/mol. The molecule has 1 saturated carbocycles. The minimum Gasteiger partial charge on any atom is -0.339 e. The fraction of sp³-hybridized carbons (Fsp3) is 0.917. The molecule has 0 aromatic rings. The van der Waals surface area contributed by atoms with E-state index in [-0.39, 0.29) is 5.91 Å². The number of thioether (sulfide) groups is 1. The molecule has 1 fully saturated rings. The summed E-state index contributed by atoms with van der Waals surface area (Å²) in [5.41, 5.74) is 5.82. The van der Waals surface area contributed by atoms with Gasteiger partial charge in [-0.2, -0.15) is 11.8 Å². The molecule has 0 radical (unpaired) electrons. The van der Waals surface area contributed by atoms with E-state index in [9.17, 15) is 4.79 Å². The largest absolute Gasteiger partial charge is 0.339 e. The maximum Gasteiger partial charge on any atom is 0.232 e. The molecule has 2 N–H and O–H groups in total. The van der Waals surface area contributed by atoms with Crippen LogP contribution in [0.5, 0.6) is 0 Å². The van der Waals surface area contributed by atoms with Crippen LogP contribution in [0.1, 0.15) is 32.6 Å². The number of carbonyl (C=O) groups is 1. The first-order chi connectivity index (χ1) is 7.74. The van der Waals surface area contributed by atoms with E-state index in [1.807, 2.05) is 11.2 Å². The molecule has 3 nitrogen and oxygen atoms in total. The number of hydrogen-bond donors (Lipinski definition) is 1. The van der Waals surface area contributed by atoms with Gasteiger partial charge in [-0.3, -0.25) is 4.79 Å². The molecule has 0 spiro atoms. The van der Waals surface area contributed by atoms with E-state index in [4.69, 9.17) is 5.73 Å². The second-order valence-corrected chi connectivity index (χ2v) is 5.33. The molecule has 0 bridgehead atoms. The summed E-state index contributed by atoms with van der Waals surface area (Å²) in [6, 6.07) is 0.392. The Hall–Kier alpha value is -0.220. The average molecular weight is 244 g/mol. The van der Waals surface area contributed by atoms with Crippen molar-refractivity contribution in [3.8, 4) is 0 Å². The minimum atomic E-state index is 0.278. The first kappa shape index (κ1) is 13.8. The second-order valence-electron chi connectivity index (χ2n) is 4.46. The number of carbonyl (C=O) groups excluding carboxylic acids is 1. The van der Waals surface area contributed by atoms with Gasteiger partial charge in [-0.05, 0) is 38.5 Å². The maximum absolute atomic E-state index is 12.0. The Kier molecular flexibility index (Phi) is 6.21. The molecule has 0 saturated heterocycles. The molecule has 1 rings (SSSR count). The lowest BCUT2D eigenvalue weighted by Gasteiger charge is -2.39. The molecule has 2 unspecified atom stereocenters. The number of rotatable bonds is 5. The Morgan fingerprint density at radius 1 is 1.44 bits per heavy atom. The van der Waals surface area contributed by atoms with E-state index in [1.54, 1.807) is 11.8 Å². The van der Waals surface area contributed by atoms with Gasteiger partial charge in [-0.1, -0.05) is 12.8 Å². The predicted molar refractivity (Wildman–Crippen MR) is 70.6 cm³/mol. The summed E-state index contributed by atoms with van der Waals surface area (Å²) in [4.78, 5) is 14.0. The van der Waals surface area contributed by atoms with Crippen LogP contribution in [0.25, 0.3) is 0 Å². The Morgan fingerprint density at radius 3 is 2.69 bits per heavy atom. The van der Waals surface area contributed by atoms with Crippen LogP contribution >= 0.6 is 11.8 Å². The molecular weight excluding hydrogens is 220 g/mol. The summed E-state index contributed by atoms with van der Waals surface area (Å²) in [5.74, 6) is 1.39. The average Bonchev–Trinajstić information content (AvgIpc) is 2.31. The van der Waals surface area contributed by atoms with Crippen molar-refractivity contribution >= 4 is 17.7 Å². The summed E-state index contributed by atoms with van der Waals surface area (Å²) >= 11 is 1.60. The number of nitrogens with two attached hydrogens (primary N) is 1. The molecule has 0 aliphatic heterocycles. The van der Waals surface area contributed by atoms with Gasteiger partial charge in [0.15, 0.2) is 0 Å². The van der Waals surface area contributed by atoms with Gasteiger partial charge in [0.2, 0.25) is 5.91 Å². The van der Waals surface area contributed by atoms with E-state index in [1.165, 1.54) is 19.3 Å². The Balaban J connectivity index is 2.65. The maximum atomic E-state index is 12.0. The van der Waals surface area contributed by atoms with Crippen molar-refractivity contribution in [2.75, 3.05) is 25.1 Å². The van der Waals surface area contributed by atoms with E-state index in [2.05, 4.69) is 6.92 Å². The van der Waals surface area contributed by atoms with Gasteiger partial charge in [-0.25, -0.2) is 0 Å². The lowest BCUT2D eigenvalue weighted by atomic mass is 9.83. The summed E-state index contributed by atoms with van der Waals surface area (Å²) < 4.78 is 0. The fourth-order valence-electron chi connectivity index (χ4n) is 2.68. The summed E-state index contributed by atoms with van der Waals surface area (Å²) in [6.45, 7) is 3.61. The summed E-state index contributed by atoms with van der Waals surface area (Å²) in [6.07, 6.45) is 6.81. The van der Waals surface area contributed by atoms with E-state index < -0.39 is 0 Å². The molecule has 4 heteroatoms. The van der Waals surface area contributed by atoms with Crippen LogP contribution in [0.15, 0.2) is 0 Å².